The summed E-state index contributed by atoms with van der Waals surface area (Å²) in [5.41, 5.74) is 2.29. The van der Waals surface area contributed by atoms with E-state index in [4.69, 9.17) is 4.74 Å². The van der Waals surface area contributed by atoms with Crippen molar-refractivity contribution in [3.05, 3.63) is 65.7 Å². The monoisotopic (exact) mass is 312 g/mol. The number of benzene rings is 2. The number of ether oxygens (including phenoxy) is 1. The largest absolute Gasteiger partial charge is 0.376 e. The zero-order chi connectivity index (χ0) is 16.5. The van der Waals surface area contributed by atoms with Crippen LogP contribution in [-0.2, 0) is 16.1 Å². The third kappa shape index (κ3) is 5.56. The molecule has 2 amide bonds. The average Bonchev–Trinajstić information content (AvgIpc) is 2.59. The van der Waals surface area contributed by atoms with Crippen LogP contribution in [0.25, 0.3) is 0 Å². The fourth-order valence-corrected chi connectivity index (χ4v) is 2.00. The molecule has 0 aliphatic rings. The van der Waals surface area contributed by atoms with Crippen molar-refractivity contribution in [2.45, 2.75) is 13.0 Å². The molecule has 2 aromatic rings. The van der Waals surface area contributed by atoms with Gasteiger partial charge in [-0.05, 0) is 29.8 Å². The summed E-state index contributed by atoms with van der Waals surface area (Å²) >= 11 is 0. The van der Waals surface area contributed by atoms with Crippen molar-refractivity contribution in [3.8, 4) is 0 Å². The minimum absolute atomic E-state index is 0.120. The van der Waals surface area contributed by atoms with Crippen molar-refractivity contribution in [1.29, 1.82) is 0 Å². The highest BCUT2D eigenvalue weighted by atomic mass is 16.5. The van der Waals surface area contributed by atoms with Gasteiger partial charge < -0.3 is 15.4 Å². The normalized spacial score (nSPS) is 10.1. The Morgan fingerprint density at radius 2 is 1.70 bits per heavy atom. The molecule has 0 fully saturated rings. The van der Waals surface area contributed by atoms with Crippen molar-refractivity contribution in [2.24, 2.45) is 0 Å². The Bertz CT molecular complexity index is 639. The molecule has 5 heteroatoms. The van der Waals surface area contributed by atoms with Gasteiger partial charge in [0, 0.05) is 18.3 Å². The molecule has 120 valence electrons. The number of nitrogens with one attached hydrogen (secondary N) is 2. The van der Waals surface area contributed by atoms with E-state index in [1.54, 1.807) is 31.3 Å². The topological polar surface area (TPSA) is 67.4 Å². The van der Waals surface area contributed by atoms with Crippen molar-refractivity contribution < 1.29 is 14.3 Å². The number of carbonyl (C=O) groups excluding carboxylic acids is 2. The first-order valence-corrected chi connectivity index (χ1v) is 7.42. The molecule has 0 aliphatic carbocycles. The predicted molar refractivity (Wildman–Crippen MR) is 89.2 cm³/mol. The van der Waals surface area contributed by atoms with Gasteiger partial charge in [-0.15, -0.1) is 0 Å². The summed E-state index contributed by atoms with van der Waals surface area (Å²) in [5, 5.41) is 5.32. The van der Waals surface area contributed by atoms with Crippen LogP contribution >= 0.6 is 0 Å². The molecule has 0 atom stereocenters. The number of rotatable bonds is 7. The maximum atomic E-state index is 11.8. The lowest BCUT2D eigenvalue weighted by Gasteiger charge is -2.07. The van der Waals surface area contributed by atoms with Crippen LogP contribution in [0.1, 0.15) is 22.3 Å². The molecule has 0 heterocycles. The second-order valence-electron chi connectivity index (χ2n) is 4.99. The second kappa shape index (κ2) is 8.70. The molecule has 0 spiro atoms. The number of amides is 2. The lowest BCUT2D eigenvalue weighted by atomic mass is 10.2. The van der Waals surface area contributed by atoms with Crippen molar-refractivity contribution in [1.82, 2.24) is 5.32 Å². The lowest BCUT2D eigenvalue weighted by molar-refractivity contribution is -0.117. The number of anilines is 1. The quantitative estimate of drug-likeness (QED) is 0.772. The van der Waals surface area contributed by atoms with E-state index in [-0.39, 0.29) is 18.2 Å². The van der Waals surface area contributed by atoms with Gasteiger partial charge in [0.05, 0.1) is 19.6 Å². The third-order valence-corrected chi connectivity index (χ3v) is 3.24. The van der Waals surface area contributed by atoms with Gasteiger partial charge in [0.2, 0.25) is 5.91 Å². The van der Waals surface area contributed by atoms with Crippen LogP contribution in [0.3, 0.4) is 0 Å². The molecule has 0 aromatic heterocycles. The van der Waals surface area contributed by atoms with Gasteiger partial charge in [-0.2, -0.15) is 0 Å². The van der Waals surface area contributed by atoms with E-state index in [0.29, 0.717) is 24.5 Å². The maximum Gasteiger partial charge on any atom is 0.251 e. The molecule has 2 aromatic carbocycles. The summed E-state index contributed by atoms with van der Waals surface area (Å²) in [6.07, 6.45) is 0.282. The van der Waals surface area contributed by atoms with Gasteiger partial charge >= 0.3 is 0 Å². The van der Waals surface area contributed by atoms with Gasteiger partial charge in [-0.1, -0.05) is 30.3 Å². The van der Waals surface area contributed by atoms with E-state index in [0.717, 1.165) is 5.56 Å². The Kier molecular flexibility index (Phi) is 6.32. The molecule has 2 N–H and O–H groups in total. The standard InChI is InChI=1S/C18H20N2O3/c1-19-18(22)15-7-9-16(10-8-15)20-17(21)11-12-23-13-14-5-3-2-4-6-14/h2-10H,11-13H2,1H3,(H,19,22)(H,20,21). The molecular weight excluding hydrogens is 292 g/mol. The summed E-state index contributed by atoms with van der Waals surface area (Å²) in [6.45, 7) is 0.853. The Hall–Kier alpha value is -2.66. The first-order valence-electron chi connectivity index (χ1n) is 7.42. The van der Waals surface area contributed by atoms with Gasteiger partial charge in [-0.25, -0.2) is 0 Å². The zero-order valence-electron chi connectivity index (χ0n) is 13.0. The zero-order valence-corrected chi connectivity index (χ0v) is 13.0. The number of hydrogen-bond donors (Lipinski definition) is 2. The van der Waals surface area contributed by atoms with Crippen molar-refractivity contribution in [3.63, 3.8) is 0 Å². The molecule has 0 unspecified atom stereocenters. The summed E-state index contributed by atoms with van der Waals surface area (Å²) < 4.78 is 5.48. The van der Waals surface area contributed by atoms with E-state index in [9.17, 15) is 9.59 Å². The van der Waals surface area contributed by atoms with E-state index in [2.05, 4.69) is 10.6 Å². The maximum absolute atomic E-state index is 11.8. The van der Waals surface area contributed by atoms with Crippen LogP contribution in [0, 0.1) is 0 Å². The first kappa shape index (κ1) is 16.7. The van der Waals surface area contributed by atoms with Gasteiger partial charge in [-0.3, -0.25) is 9.59 Å². The van der Waals surface area contributed by atoms with Gasteiger partial charge in [0.25, 0.3) is 5.91 Å². The molecule has 0 saturated heterocycles. The van der Waals surface area contributed by atoms with Gasteiger partial charge in [0.15, 0.2) is 0 Å². The molecule has 0 aliphatic heterocycles. The molecule has 0 saturated carbocycles. The Balaban J connectivity index is 1.71. The molecule has 0 radical (unpaired) electrons. The second-order valence-corrected chi connectivity index (χ2v) is 4.99. The lowest BCUT2D eigenvalue weighted by Crippen LogP contribution is -2.18. The molecule has 0 bridgehead atoms. The van der Waals surface area contributed by atoms with Crippen LogP contribution in [0.4, 0.5) is 5.69 Å². The number of carbonyl (C=O) groups is 2. The third-order valence-electron chi connectivity index (χ3n) is 3.24. The van der Waals surface area contributed by atoms with E-state index < -0.39 is 0 Å². The van der Waals surface area contributed by atoms with Crippen molar-refractivity contribution >= 4 is 17.5 Å². The van der Waals surface area contributed by atoms with Crippen LogP contribution in [0.15, 0.2) is 54.6 Å². The fourth-order valence-electron chi connectivity index (χ4n) is 2.00. The van der Waals surface area contributed by atoms with Crippen LogP contribution in [0.5, 0.6) is 0 Å². The molecule has 23 heavy (non-hydrogen) atoms. The predicted octanol–water partition coefficient (Wildman–Crippen LogP) is 2.59. The molecule has 5 nitrogen and oxygen atoms in total. The Morgan fingerprint density at radius 1 is 1.00 bits per heavy atom. The number of hydrogen-bond acceptors (Lipinski definition) is 3. The summed E-state index contributed by atoms with van der Waals surface area (Å²) in [7, 11) is 1.58. The van der Waals surface area contributed by atoms with Crippen LogP contribution < -0.4 is 10.6 Å². The Morgan fingerprint density at radius 3 is 2.35 bits per heavy atom. The summed E-state index contributed by atoms with van der Waals surface area (Å²) in [6, 6.07) is 16.6. The highest BCUT2D eigenvalue weighted by molar-refractivity contribution is 5.95. The average molecular weight is 312 g/mol. The van der Waals surface area contributed by atoms with Crippen LogP contribution in [-0.4, -0.2) is 25.5 Å². The Labute approximate surface area is 135 Å². The molecule has 2 rings (SSSR count). The van der Waals surface area contributed by atoms with E-state index >= 15 is 0 Å². The van der Waals surface area contributed by atoms with Gasteiger partial charge in [0.1, 0.15) is 0 Å². The minimum atomic E-state index is -0.155. The van der Waals surface area contributed by atoms with Crippen molar-refractivity contribution in [2.75, 3.05) is 19.0 Å². The minimum Gasteiger partial charge on any atom is -0.376 e. The fraction of sp³-hybridized carbons (Fsp3) is 0.222. The summed E-state index contributed by atoms with van der Waals surface area (Å²) in [5.74, 6) is -0.275. The van der Waals surface area contributed by atoms with Crippen LogP contribution in [0.2, 0.25) is 0 Å². The smallest absolute Gasteiger partial charge is 0.251 e. The van der Waals surface area contributed by atoms with E-state index in [1.165, 1.54) is 0 Å². The molecular formula is C18H20N2O3. The highest BCUT2D eigenvalue weighted by Gasteiger charge is 2.05. The summed E-state index contributed by atoms with van der Waals surface area (Å²) in [4.78, 5) is 23.3. The first-order chi connectivity index (χ1) is 11.2. The van der Waals surface area contributed by atoms with E-state index in [1.807, 2.05) is 30.3 Å². The SMILES string of the molecule is CNC(=O)c1ccc(NC(=O)CCOCc2ccccc2)cc1. The highest BCUT2D eigenvalue weighted by Crippen LogP contribution is 2.10.